The molecule has 1 aliphatic heterocycles. The van der Waals surface area contributed by atoms with Crippen molar-refractivity contribution in [2.24, 2.45) is 0 Å². The number of nitrogens with one attached hydrogen (secondary N) is 2. The van der Waals surface area contributed by atoms with E-state index >= 15 is 0 Å². The van der Waals surface area contributed by atoms with Gasteiger partial charge in [-0.25, -0.2) is 19.3 Å². The maximum Gasteiger partial charge on any atom is 0.227 e. The summed E-state index contributed by atoms with van der Waals surface area (Å²) in [5.74, 6) is 0.928. The lowest BCUT2D eigenvalue weighted by Crippen LogP contribution is -2.52. The van der Waals surface area contributed by atoms with Gasteiger partial charge in [-0.1, -0.05) is 30.3 Å². The number of likely N-dealkylation sites (N-methyl/N-ethyl adjacent to an activating group) is 1. The summed E-state index contributed by atoms with van der Waals surface area (Å²) >= 11 is 0. The van der Waals surface area contributed by atoms with Crippen molar-refractivity contribution < 1.29 is 4.39 Å². The monoisotopic (exact) mass is 400 g/mol. The van der Waals surface area contributed by atoms with E-state index in [2.05, 4.69) is 37.5 Å². The van der Waals surface area contributed by atoms with Crippen LogP contribution in [0.5, 0.6) is 0 Å². The molecule has 1 aliphatic rings. The van der Waals surface area contributed by atoms with Crippen molar-refractivity contribution in [1.82, 2.24) is 19.9 Å². The summed E-state index contributed by atoms with van der Waals surface area (Å²) in [6.45, 7) is 2.04. The largest absolute Gasteiger partial charge is 0.365 e. The first-order valence-corrected chi connectivity index (χ1v) is 9.84. The molecule has 5 rings (SSSR count). The zero-order chi connectivity index (χ0) is 20.5. The van der Waals surface area contributed by atoms with Crippen molar-refractivity contribution in [2.75, 3.05) is 30.8 Å². The minimum Gasteiger partial charge on any atom is -0.365 e. The van der Waals surface area contributed by atoms with Gasteiger partial charge in [0, 0.05) is 30.2 Å². The van der Waals surface area contributed by atoms with Crippen LogP contribution in [-0.4, -0.2) is 46.0 Å². The number of pyridine rings is 1. The Morgan fingerprint density at radius 3 is 2.53 bits per heavy atom. The number of fused-ring (bicyclic) bond motifs is 1. The van der Waals surface area contributed by atoms with Crippen molar-refractivity contribution >= 4 is 28.4 Å². The summed E-state index contributed by atoms with van der Waals surface area (Å²) in [5, 5.41) is 7.35. The first-order chi connectivity index (χ1) is 14.7. The van der Waals surface area contributed by atoms with Crippen LogP contribution in [0, 0.1) is 5.82 Å². The molecule has 0 amide bonds. The Balaban J connectivity index is 1.41. The molecular weight excluding hydrogens is 379 g/mol. The number of anilines is 3. The molecule has 1 saturated heterocycles. The number of aromatic nitrogens is 3. The number of nitrogens with zero attached hydrogens (tertiary/aromatic N) is 4. The van der Waals surface area contributed by atoms with Gasteiger partial charge in [-0.15, -0.1) is 0 Å². The highest BCUT2D eigenvalue weighted by Gasteiger charge is 2.22. The Morgan fingerprint density at radius 2 is 1.80 bits per heavy atom. The molecule has 150 valence electrons. The summed E-state index contributed by atoms with van der Waals surface area (Å²) in [6.07, 6.45) is 3.44. The van der Waals surface area contributed by atoms with Crippen LogP contribution in [0.2, 0.25) is 0 Å². The molecule has 2 aromatic heterocycles. The Bertz CT molecular complexity index is 1170. The van der Waals surface area contributed by atoms with Gasteiger partial charge < -0.3 is 15.5 Å². The second kappa shape index (κ2) is 7.68. The van der Waals surface area contributed by atoms with E-state index in [1.165, 1.54) is 6.07 Å². The van der Waals surface area contributed by atoms with Crippen molar-refractivity contribution in [3.63, 3.8) is 0 Å². The predicted molar refractivity (Wildman–Crippen MR) is 117 cm³/mol. The van der Waals surface area contributed by atoms with E-state index in [9.17, 15) is 4.39 Å². The van der Waals surface area contributed by atoms with Gasteiger partial charge >= 0.3 is 0 Å². The van der Waals surface area contributed by atoms with Crippen LogP contribution < -0.4 is 10.6 Å². The van der Waals surface area contributed by atoms with E-state index in [4.69, 9.17) is 0 Å². The fourth-order valence-electron chi connectivity index (χ4n) is 3.69. The molecule has 4 aromatic rings. The third kappa shape index (κ3) is 3.67. The molecule has 1 fully saturated rings. The average molecular weight is 400 g/mol. The molecule has 0 bridgehead atoms. The SMILES string of the molecule is CN1CC(Nc2ccc(Nc3ncc4ccc(F)c(-c5ccccc5)c4n3)cn2)C1. The lowest BCUT2D eigenvalue weighted by molar-refractivity contribution is 0.205. The third-order valence-electron chi connectivity index (χ3n) is 5.20. The molecule has 2 N–H and O–H groups in total. The fourth-order valence-corrected chi connectivity index (χ4v) is 3.69. The van der Waals surface area contributed by atoms with Gasteiger partial charge in [0.1, 0.15) is 11.6 Å². The van der Waals surface area contributed by atoms with E-state index in [1.807, 2.05) is 42.5 Å². The number of hydrogen-bond donors (Lipinski definition) is 2. The van der Waals surface area contributed by atoms with Crippen molar-refractivity contribution in [1.29, 1.82) is 0 Å². The quantitative estimate of drug-likeness (QED) is 0.521. The number of rotatable bonds is 5. The molecule has 0 radical (unpaired) electrons. The Morgan fingerprint density at radius 1 is 0.967 bits per heavy atom. The van der Waals surface area contributed by atoms with E-state index in [1.54, 1.807) is 18.5 Å². The standard InChI is InChI=1S/C23H21FN6/c1-30-13-18(14-30)27-20-10-8-17(12-25-20)28-23-26-11-16-7-9-19(24)21(22(16)29-23)15-5-3-2-4-6-15/h2-12,18H,13-14H2,1H3,(H,25,27)(H,26,28,29). The summed E-state index contributed by atoms with van der Waals surface area (Å²) < 4.78 is 14.7. The van der Waals surface area contributed by atoms with Crippen LogP contribution >= 0.6 is 0 Å². The van der Waals surface area contributed by atoms with Gasteiger partial charge in [0.2, 0.25) is 5.95 Å². The first-order valence-electron chi connectivity index (χ1n) is 9.84. The molecule has 0 aliphatic carbocycles. The fraction of sp³-hybridized carbons (Fsp3) is 0.174. The number of hydrogen-bond acceptors (Lipinski definition) is 6. The minimum atomic E-state index is -0.308. The summed E-state index contributed by atoms with van der Waals surface area (Å²) in [5.41, 5.74) is 2.59. The summed E-state index contributed by atoms with van der Waals surface area (Å²) in [4.78, 5) is 15.7. The molecule has 7 heteroatoms. The second-order valence-corrected chi connectivity index (χ2v) is 7.54. The number of halogens is 1. The molecule has 0 saturated carbocycles. The minimum absolute atomic E-state index is 0.308. The van der Waals surface area contributed by atoms with Crippen LogP contribution in [0.4, 0.5) is 21.8 Å². The number of likely N-dealkylation sites (tertiary alicyclic amines) is 1. The van der Waals surface area contributed by atoms with E-state index in [-0.39, 0.29) is 5.82 Å². The first kappa shape index (κ1) is 18.4. The van der Waals surface area contributed by atoms with Crippen LogP contribution in [0.3, 0.4) is 0 Å². The van der Waals surface area contributed by atoms with Gasteiger partial charge in [-0.3, -0.25) is 0 Å². The lowest BCUT2D eigenvalue weighted by atomic mass is 10.0. The van der Waals surface area contributed by atoms with E-state index in [0.717, 1.165) is 35.5 Å². The Hall–Kier alpha value is -3.58. The van der Waals surface area contributed by atoms with Gasteiger partial charge in [-0.05, 0) is 36.9 Å². The van der Waals surface area contributed by atoms with Crippen LogP contribution in [0.15, 0.2) is 67.0 Å². The molecule has 30 heavy (non-hydrogen) atoms. The number of benzene rings is 2. The highest BCUT2D eigenvalue weighted by atomic mass is 19.1. The van der Waals surface area contributed by atoms with E-state index in [0.29, 0.717) is 23.1 Å². The molecule has 6 nitrogen and oxygen atoms in total. The van der Waals surface area contributed by atoms with Gasteiger partial charge in [-0.2, -0.15) is 0 Å². The van der Waals surface area contributed by atoms with Crippen LogP contribution in [0.25, 0.3) is 22.0 Å². The maximum atomic E-state index is 14.7. The normalized spacial score (nSPS) is 14.5. The summed E-state index contributed by atoms with van der Waals surface area (Å²) in [6, 6.07) is 16.9. The molecule has 3 heterocycles. The van der Waals surface area contributed by atoms with Crippen molar-refractivity contribution in [2.45, 2.75) is 6.04 Å². The zero-order valence-electron chi connectivity index (χ0n) is 16.5. The highest BCUT2D eigenvalue weighted by molar-refractivity contribution is 5.94. The zero-order valence-corrected chi connectivity index (χ0v) is 16.5. The van der Waals surface area contributed by atoms with Crippen LogP contribution in [0.1, 0.15) is 0 Å². The van der Waals surface area contributed by atoms with Gasteiger partial charge in [0.25, 0.3) is 0 Å². The van der Waals surface area contributed by atoms with Gasteiger partial charge in [0.05, 0.1) is 23.4 Å². The molecular formula is C23H21FN6. The summed E-state index contributed by atoms with van der Waals surface area (Å²) in [7, 11) is 2.09. The van der Waals surface area contributed by atoms with Crippen molar-refractivity contribution in [3.8, 4) is 11.1 Å². The van der Waals surface area contributed by atoms with Crippen LogP contribution in [-0.2, 0) is 0 Å². The predicted octanol–water partition coefficient (Wildman–Crippen LogP) is 4.30. The van der Waals surface area contributed by atoms with E-state index < -0.39 is 0 Å². The average Bonchev–Trinajstić information content (AvgIpc) is 2.74. The maximum absolute atomic E-state index is 14.7. The Labute approximate surface area is 173 Å². The molecule has 0 unspecified atom stereocenters. The molecule has 0 atom stereocenters. The Kier molecular flexibility index (Phi) is 4.72. The second-order valence-electron chi connectivity index (χ2n) is 7.54. The smallest absolute Gasteiger partial charge is 0.227 e. The van der Waals surface area contributed by atoms with Crippen molar-refractivity contribution in [3.05, 3.63) is 72.8 Å². The highest BCUT2D eigenvalue weighted by Crippen LogP contribution is 2.30. The lowest BCUT2D eigenvalue weighted by Gasteiger charge is -2.36. The topological polar surface area (TPSA) is 66.0 Å². The van der Waals surface area contributed by atoms with Gasteiger partial charge in [0.15, 0.2) is 0 Å². The third-order valence-corrected chi connectivity index (χ3v) is 5.20. The molecule has 0 spiro atoms. The molecule has 2 aromatic carbocycles.